The van der Waals surface area contributed by atoms with Gasteiger partial charge in [0.05, 0.1) is 7.11 Å². The second-order valence-corrected chi connectivity index (χ2v) is 4.05. The van der Waals surface area contributed by atoms with Crippen molar-refractivity contribution in [2.75, 3.05) is 20.2 Å². The molecule has 0 bridgehead atoms. The van der Waals surface area contributed by atoms with Crippen LogP contribution < -0.4 is 15.4 Å². The third-order valence-electron chi connectivity index (χ3n) is 2.80. The van der Waals surface area contributed by atoms with Crippen LogP contribution in [0.2, 0.25) is 0 Å². The minimum atomic E-state index is 0.416. The molecule has 1 fully saturated rings. The predicted octanol–water partition coefficient (Wildman–Crippen LogP) is 1.32. The van der Waals surface area contributed by atoms with Gasteiger partial charge in [-0.05, 0) is 24.6 Å². The summed E-state index contributed by atoms with van der Waals surface area (Å²) in [5.74, 6) is 0.913. The van der Waals surface area contributed by atoms with Gasteiger partial charge < -0.3 is 15.4 Å². The summed E-state index contributed by atoms with van der Waals surface area (Å²) in [6.07, 6.45) is 0. The summed E-state index contributed by atoms with van der Waals surface area (Å²) < 4.78 is 5.14. The molecule has 0 saturated carbocycles. The van der Waals surface area contributed by atoms with E-state index >= 15 is 0 Å². The maximum absolute atomic E-state index is 5.14. The molecule has 2 N–H and O–H groups in total. The molecule has 3 heteroatoms. The molecule has 1 aromatic rings. The van der Waals surface area contributed by atoms with E-state index in [0.717, 1.165) is 18.8 Å². The van der Waals surface area contributed by atoms with Crippen molar-refractivity contribution >= 4 is 0 Å². The van der Waals surface area contributed by atoms with Crippen LogP contribution in [0.5, 0.6) is 5.75 Å². The first-order valence-electron chi connectivity index (χ1n) is 5.40. The molecule has 1 heterocycles. The highest BCUT2D eigenvalue weighted by molar-refractivity contribution is 5.29. The lowest BCUT2D eigenvalue weighted by Crippen LogP contribution is -2.48. The number of methoxy groups -OCH3 is 1. The maximum atomic E-state index is 5.14. The summed E-state index contributed by atoms with van der Waals surface area (Å²) in [5, 5.41) is 6.98. The van der Waals surface area contributed by atoms with Gasteiger partial charge in [0.15, 0.2) is 0 Å². The van der Waals surface area contributed by atoms with Crippen LogP contribution in [0.4, 0.5) is 0 Å². The molecule has 0 aliphatic carbocycles. The molecule has 0 radical (unpaired) electrons. The highest BCUT2D eigenvalue weighted by Gasteiger charge is 2.18. The number of hydrogen-bond donors (Lipinski definition) is 2. The molecule has 15 heavy (non-hydrogen) atoms. The molecular formula is C12H18N2O. The summed E-state index contributed by atoms with van der Waals surface area (Å²) >= 11 is 0. The smallest absolute Gasteiger partial charge is 0.118 e. The van der Waals surface area contributed by atoms with Crippen LogP contribution in [0.15, 0.2) is 24.3 Å². The van der Waals surface area contributed by atoms with Crippen molar-refractivity contribution in [3.05, 3.63) is 29.8 Å². The number of nitrogens with one attached hydrogen (secondary N) is 2. The second kappa shape index (κ2) is 4.64. The molecule has 0 amide bonds. The van der Waals surface area contributed by atoms with Crippen molar-refractivity contribution in [3.8, 4) is 5.75 Å². The Morgan fingerprint density at radius 2 is 1.93 bits per heavy atom. The molecule has 1 saturated heterocycles. The summed E-state index contributed by atoms with van der Waals surface area (Å²) in [5.41, 5.74) is 1.31. The molecule has 2 atom stereocenters. The van der Waals surface area contributed by atoms with Crippen LogP contribution in [-0.4, -0.2) is 26.2 Å². The predicted molar refractivity (Wildman–Crippen MR) is 61.2 cm³/mol. The zero-order valence-electron chi connectivity index (χ0n) is 9.29. The average molecular weight is 206 g/mol. The molecular weight excluding hydrogens is 188 g/mol. The van der Waals surface area contributed by atoms with E-state index in [9.17, 15) is 0 Å². The van der Waals surface area contributed by atoms with Crippen LogP contribution >= 0.6 is 0 Å². The summed E-state index contributed by atoms with van der Waals surface area (Å²) in [7, 11) is 1.69. The minimum Gasteiger partial charge on any atom is -0.497 e. The molecule has 1 aliphatic rings. The fraction of sp³-hybridized carbons (Fsp3) is 0.500. The fourth-order valence-corrected chi connectivity index (χ4v) is 1.96. The number of rotatable bonds is 2. The lowest BCUT2D eigenvalue weighted by Gasteiger charge is -2.30. The molecule has 3 nitrogen and oxygen atoms in total. The Hall–Kier alpha value is -1.06. The van der Waals surface area contributed by atoms with Crippen LogP contribution in [0.1, 0.15) is 18.5 Å². The van der Waals surface area contributed by atoms with Gasteiger partial charge in [-0.3, -0.25) is 0 Å². The maximum Gasteiger partial charge on any atom is 0.118 e. The van der Waals surface area contributed by atoms with E-state index < -0.39 is 0 Å². The Balaban J connectivity index is 2.07. The largest absolute Gasteiger partial charge is 0.497 e. The average Bonchev–Trinajstić information content (AvgIpc) is 2.29. The van der Waals surface area contributed by atoms with Crippen LogP contribution in [-0.2, 0) is 0 Å². The van der Waals surface area contributed by atoms with Crippen LogP contribution in [0.25, 0.3) is 0 Å². The van der Waals surface area contributed by atoms with Crippen molar-refractivity contribution in [2.45, 2.75) is 19.0 Å². The second-order valence-electron chi connectivity index (χ2n) is 4.05. The van der Waals surface area contributed by atoms with E-state index in [1.54, 1.807) is 7.11 Å². The summed E-state index contributed by atoms with van der Waals surface area (Å²) in [6.45, 7) is 4.24. The first-order valence-corrected chi connectivity index (χ1v) is 5.40. The fourth-order valence-electron chi connectivity index (χ4n) is 1.96. The Kier molecular flexibility index (Phi) is 3.23. The standard InChI is InChI=1S/C12H18N2O/c1-9-7-13-8-12(14-9)10-3-5-11(15-2)6-4-10/h3-6,9,12-14H,7-8H2,1-2H3. The number of piperazine rings is 1. The number of benzene rings is 1. The molecule has 82 valence electrons. The van der Waals surface area contributed by atoms with Crippen molar-refractivity contribution in [1.82, 2.24) is 10.6 Å². The quantitative estimate of drug-likeness (QED) is 0.765. The van der Waals surface area contributed by atoms with Crippen LogP contribution in [0.3, 0.4) is 0 Å². The lowest BCUT2D eigenvalue weighted by molar-refractivity contribution is 0.359. The Bertz CT molecular complexity index is 310. The van der Waals surface area contributed by atoms with Crippen molar-refractivity contribution < 1.29 is 4.74 Å². The van der Waals surface area contributed by atoms with E-state index in [1.165, 1.54) is 5.56 Å². The molecule has 2 rings (SSSR count). The van der Waals surface area contributed by atoms with Gasteiger partial charge in [-0.1, -0.05) is 12.1 Å². The highest BCUT2D eigenvalue weighted by Crippen LogP contribution is 2.18. The Labute approximate surface area is 90.8 Å². The molecule has 1 aromatic carbocycles. The SMILES string of the molecule is COc1ccc(C2CNCC(C)N2)cc1. The normalized spacial score (nSPS) is 26.3. The first-order chi connectivity index (χ1) is 7.29. The third-order valence-corrected chi connectivity index (χ3v) is 2.80. The summed E-state index contributed by atoms with van der Waals surface area (Å²) in [6, 6.07) is 9.21. The Morgan fingerprint density at radius 1 is 1.20 bits per heavy atom. The zero-order valence-corrected chi connectivity index (χ0v) is 9.29. The van der Waals surface area contributed by atoms with Crippen molar-refractivity contribution in [2.24, 2.45) is 0 Å². The molecule has 0 aromatic heterocycles. The van der Waals surface area contributed by atoms with Gasteiger partial charge >= 0.3 is 0 Å². The van der Waals surface area contributed by atoms with Crippen LogP contribution in [0, 0.1) is 0 Å². The Morgan fingerprint density at radius 3 is 2.53 bits per heavy atom. The molecule has 1 aliphatic heterocycles. The van der Waals surface area contributed by atoms with Gasteiger partial charge in [0.2, 0.25) is 0 Å². The van der Waals surface area contributed by atoms with Gasteiger partial charge in [0.1, 0.15) is 5.75 Å². The topological polar surface area (TPSA) is 33.3 Å². The van der Waals surface area contributed by atoms with E-state index in [0.29, 0.717) is 12.1 Å². The van der Waals surface area contributed by atoms with E-state index in [4.69, 9.17) is 4.74 Å². The minimum absolute atomic E-state index is 0.416. The van der Waals surface area contributed by atoms with E-state index in [2.05, 4.69) is 29.7 Å². The van der Waals surface area contributed by atoms with Crippen molar-refractivity contribution in [1.29, 1.82) is 0 Å². The van der Waals surface area contributed by atoms with Gasteiger partial charge in [0.25, 0.3) is 0 Å². The van der Waals surface area contributed by atoms with Gasteiger partial charge in [-0.2, -0.15) is 0 Å². The lowest BCUT2D eigenvalue weighted by atomic mass is 10.0. The number of hydrogen-bond acceptors (Lipinski definition) is 3. The van der Waals surface area contributed by atoms with Gasteiger partial charge in [-0.15, -0.1) is 0 Å². The monoisotopic (exact) mass is 206 g/mol. The zero-order chi connectivity index (χ0) is 10.7. The third kappa shape index (κ3) is 2.49. The molecule has 0 spiro atoms. The molecule has 2 unspecified atom stereocenters. The van der Waals surface area contributed by atoms with E-state index in [-0.39, 0.29) is 0 Å². The van der Waals surface area contributed by atoms with Gasteiger partial charge in [-0.25, -0.2) is 0 Å². The first kappa shape index (κ1) is 10.5. The van der Waals surface area contributed by atoms with Crippen molar-refractivity contribution in [3.63, 3.8) is 0 Å². The number of ether oxygens (including phenoxy) is 1. The summed E-state index contributed by atoms with van der Waals surface area (Å²) in [4.78, 5) is 0. The van der Waals surface area contributed by atoms with E-state index in [1.807, 2.05) is 12.1 Å². The highest BCUT2D eigenvalue weighted by atomic mass is 16.5. The van der Waals surface area contributed by atoms with Gasteiger partial charge in [0, 0.05) is 25.2 Å².